The standard InChI is InChI=1S/C23H26F3N3O3/c1-15(30)28-13-19-14-29(23(31)32-19)18-10-20(25)22(21(26)11-18)17-6-4-16(5-7-17)12-27-9-3-2-8-24/h4-7,10-11,19,27H,2-3,8-9,12-14H2,1H3,(H,28,30). The molecule has 2 aromatic rings. The first-order valence-electron chi connectivity index (χ1n) is 10.5. The van der Waals surface area contributed by atoms with Gasteiger partial charge in [-0.05, 0) is 42.6 Å². The number of anilines is 1. The van der Waals surface area contributed by atoms with Crippen LogP contribution in [0.15, 0.2) is 36.4 Å². The Balaban J connectivity index is 1.68. The average molecular weight is 449 g/mol. The number of hydrogen-bond acceptors (Lipinski definition) is 4. The van der Waals surface area contributed by atoms with Crippen molar-refractivity contribution in [2.24, 2.45) is 0 Å². The zero-order chi connectivity index (χ0) is 23.1. The fourth-order valence-electron chi connectivity index (χ4n) is 3.45. The smallest absolute Gasteiger partial charge is 0.414 e. The van der Waals surface area contributed by atoms with Crippen molar-refractivity contribution in [2.45, 2.75) is 32.4 Å². The maximum absolute atomic E-state index is 14.8. The Morgan fingerprint density at radius 2 is 1.84 bits per heavy atom. The normalized spacial score (nSPS) is 15.7. The minimum Gasteiger partial charge on any atom is -0.442 e. The minimum atomic E-state index is -0.796. The molecule has 1 heterocycles. The lowest BCUT2D eigenvalue weighted by molar-refractivity contribution is -0.119. The largest absolute Gasteiger partial charge is 0.442 e. The van der Waals surface area contributed by atoms with Crippen molar-refractivity contribution in [1.82, 2.24) is 10.6 Å². The van der Waals surface area contributed by atoms with Crippen LogP contribution in [-0.4, -0.2) is 44.4 Å². The highest BCUT2D eigenvalue weighted by atomic mass is 19.1. The van der Waals surface area contributed by atoms with Crippen molar-refractivity contribution in [3.05, 3.63) is 53.6 Å². The number of carbonyl (C=O) groups is 2. The number of nitrogens with zero attached hydrogens (tertiary/aromatic N) is 1. The van der Waals surface area contributed by atoms with Crippen LogP contribution in [0.2, 0.25) is 0 Å². The van der Waals surface area contributed by atoms with Gasteiger partial charge in [-0.25, -0.2) is 13.6 Å². The summed E-state index contributed by atoms with van der Waals surface area (Å²) in [5.74, 6) is -1.86. The van der Waals surface area contributed by atoms with Crippen LogP contribution in [0.5, 0.6) is 0 Å². The molecular formula is C23H26F3N3O3. The molecule has 2 N–H and O–H groups in total. The Hall–Kier alpha value is -3.07. The van der Waals surface area contributed by atoms with Crippen LogP contribution in [0.1, 0.15) is 25.3 Å². The third-order valence-corrected chi connectivity index (χ3v) is 5.10. The zero-order valence-corrected chi connectivity index (χ0v) is 17.8. The first kappa shape index (κ1) is 23.6. The van der Waals surface area contributed by atoms with E-state index in [4.69, 9.17) is 4.74 Å². The summed E-state index contributed by atoms with van der Waals surface area (Å²) >= 11 is 0. The number of alkyl halides is 1. The summed E-state index contributed by atoms with van der Waals surface area (Å²) in [6.07, 6.45) is -0.0628. The number of amides is 2. The molecule has 2 aromatic carbocycles. The molecule has 1 fully saturated rings. The second kappa shape index (κ2) is 11.0. The van der Waals surface area contributed by atoms with Gasteiger partial charge in [-0.2, -0.15) is 0 Å². The van der Waals surface area contributed by atoms with Crippen LogP contribution in [0, 0.1) is 11.6 Å². The monoisotopic (exact) mass is 449 g/mol. The first-order valence-corrected chi connectivity index (χ1v) is 10.5. The molecule has 0 spiro atoms. The second-order valence-electron chi connectivity index (χ2n) is 7.61. The molecule has 1 atom stereocenters. The van der Waals surface area contributed by atoms with Gasteiger partial charge in [0, 0.05) is 13.5 Å². The van der Waals surface area contributed by atoms with Crippen LogP contribution in [0.25, 0.3) is 11.1 Å². The quantitative estimate of drug-likeness (QED) is 0.540. The molecule has 1 aliphatic heterocycles. The highest BCUT2D eigenvalue weighted by Crippen LogP contribution is 2.32. The number of unbranched alkanes of at least 4 members (excludes halogenated alkanes) is 1. The van der Waals surface area contributed by atoms with Crippen LogP contribution in [-0.2, 0) is 16.1 Å². The lowest BCUT2D eigenvalue weighted by atomic mass is 10.0. The topological polar surface area (TPSA) is 70.7 Å². The number of hydrogen-bond donors (Lipinski definition) is 2. The maximum atomic E-state index is 14.8. The number of benzene rings is 2. The van der Waals surface area contributed by atoms with Crippen molar-refractivity contribution < 1.29 is 27.5 Å². The summed E-state index contributed by atoms with van der Waals surface area (Å²) in [7, 11) is 0. The van der Waals surface area contributed by atoms with Gasteiger partial charge < -0.3 is 15.4 Å². The van der Waals surface area contributed by atoms with Crippen LogP contribution < -0.4 is 15.5 Å². The third kappa shape index (κ3) is 6.00. The molecule has 0 radical (unpaired) electrons. The van der Waals surface area contributed by atoms with E-state index >= 15 is 0 Å². The van der Waals surface area contributed by atoms with E-state index in [9.17, 15) is 22.8 Å². The van der Waals surface area contributed by atoms with E-state index in [0.717, 1.165) is 29.0 Å². The molecule has 2 amide bonds. The number of halogens is 3. The summed E-state index contributed by atoms with van der Waals surface area (Å²) in [5.41, 5.74) is 1.18. The molecule has 1 unspecified atom stereocenters. The van der Waals surface area contributed by atoms with E-state index in [-0.39, 0.29) is 36.9 Å². The van der Waals surface area contributed by atoms with Gasteiger partial charge in [0.15, 0.2) is 0 Å². The lowest BCUT2D eigenvalue weighted by Gasteiger charge is -2.15. The van der Waals surface area contributed by atoms with Gasteiger partial charge in [-0.3, -0.25) is 14.1 Å². The summed E-state index contributed by atoms with van der Waals surface area (Å²) in [6.45, 7) is 2.48. The van der Waals surface area contributed by atoms with Gasteiger partial charge in [-0.1, -0.05) is 24.3 Å². The van der Waals surface area contributed by atoms with Crippen LogP contribution in [0.3, 0.4) is 0 Å². The van der Waals surface area contributed by atoms with Gasteiger partial charge in [0.25, 0.3) is 0 Å². The van der Waals surface area contributed by atoms with Crippen molar-refractivity contribution in [3.63, 3.8) is 0 Å². The highest BCUT2D eigenvalue weighted by molar-refractivity contribution is 5.90. The number of rotatable bonds is 10. The summed E-state index contributed by atoms with van der Waals surface area (Å²) in [6, 6.07) is 9.01. The maximum Gasteiger partial charge on any atom is 0.414 e. The van der Waals surface area contributed by atoms with E-state index in [1.165, 1.54) is 6.92 Å². The number of cyclic esters (lactones) is 1. The van der Waals surface area contributed by atoms with E-state index < -0.39 is 23.8 Å². The molecule has 1 saturated heterocycles. The third-order valence-electron chi connectivity index (χ3n) is 5.10. The van der Waals surface area contributed by atoms with Gasteiger partial charge in [0.05, 0.1) is 31.0 Å². The second-order valence-corrected chi connectivity index (χ2v) is 7.61. The predicted molar refractivity (Wildman–Crippen MR) is 115 cm³/mol. The molecule has 3 rings (SSSR count). The van der Waals surface area contributed by atoms with Crippen molar-refractivity contribution in [2.75, 3.05) is 31.2 Å². The molecule has 32 heavy (non-hydrogen) atoms. The van der Waals surface area contributed by atoms with Gasteiger partial charge in [0.2, 0.25) is 5.91 Å². The van der Waals surface area contributed by atoms with Gasteiger partial charge in [-0.15, -0.1) is 0 Å². The molecule has 0 bridgehead atoms. The molecule has 0 aromatic heterocycles. The Bertz CT molecular complexity index is 930. The van der Waals surface area contributed by atoms with Crippen LogP contribution in [0.4, 0.5) is 23.7 Å². The minimum absolute atomic E-state index is 0.0492. The Kier molecular flexibility index (Phi) is 8.10. The molecule has 1 aliphatic rings. The summed E-state index contributed by atoms with van der Waals surface area (Å²) < 4.78 is 46.9. The molecular weight excluding hydrogens is 423 g/mol. The van der Waals surface area contributed by atoms with E-state index in [1.54, 1.807) is 24.3 Å². The fraction of sp³-hybridized carbons (Fsp3) is 0.391. The van der Waals surface area contributed by atoms with Gasteiger partial charge >= 0.3 is 6.09 Å². The van der Waals surface area contributed by atoms with Crippen molar-refractivity contribution in [1.29, 1.82) is 0 Å². The molecule has 9 heteroatoms. The van der Waals surface area contributed by atoms with E-state index in [2.05, 4.69) is 10.6 Å². The Morgan fingerprint density at radius 3 is 2.47 bits per heavy atom. The Labute approximate surface area is 184 Å². The average Bonchev–Trinajstić information content (AvgIpc) is 3.13. The Morgan fingerprint density at radius 1 is 1.16 bits per heavy atom. The van der Waals surface area contributed by atoms with E-state index in [0.29, 0.717) is 25.1 Å². The van der Waals surface area contributed by atoms with Gasteiger partial charge in [0.1, 0.15) is 17.7 Å². The lowest BCUT2D eigenvalue weighted by Crippen LogP contribution is -2.33. The summed E-state index contributed by atoms with van der Waals surface area (Å²) in [5, 5.41) is 5.74. The molecule has 0 saturated carbocycles. The number of ether oxygens (including phenoxy) is 1. The molecule has 6 nitrogen and oxygen atoms in total. The number of carbonyl (C=O) groups excluding carboxylic acids is 2. The number of nitrogens with one attached hydrogen (secondary N) is 2. The zero-order valence-electron chi connectivity index (χ0n) is 17.8. The first-order chi connectivity index (χ1) is 15.4. The predicted octanol–water partition coefficient (Wildman–Crippen LogP) is 3.93. The van der Waals surface area contributed by atoms with Crippen LogP contribution >= 0.6 is 0 Å². The summed E-state index contributed by atoms with van der Waals surface area (Å²) in [4.78, 5) is 24.3. The highest BCUT2D eigenvalue weighted by Gasteiger charge is 2.33. The molecule has 0 aliphatic carbocycles. The van der Waals surface area contributed by atoms with E-state index in [1.807, 2.05) is 0 Å². The van der Waals surface area contributed by atoms with Crippen molar-refractivity contribution >= 4 is 17.7 Å². The van der Waals surface area contributed by atoms with Crippen molar-refractivity contribution in [3.8, 4) is 11.1 Å². The fourth-order valence-corrected chi connectivity index (χ4v) is 3.45. The molecule has 172 valence electrons. The SMILES string of the molecule is CC(=O)NCC1CN(c2cc(F)c(-c3ccc(CNCCCCF)cc3)c(F)c2)C(=O)O1.